The summed E-state index contributed by atoms with van der Waals surface area (Å²) in [6, 6.07) is 1.85. The molecule has 0 spiro atoms. The largest absolute Gasteiger partial charge is 0.504 e. The number of ether oxygens (including phenoxy) is 1. The number of hydrogen-bond acceptors (Lipinski definition) is 3. The molecule has 2 N–H and O–H groups in total. The third kappa shape index (κ3) is 1.98. The van der Waals surface area contributed by atoms with E-state index in [1.165, 1.54) is 7.11 Å². The third-order valence-electron chi connectivity index (χ3n) is 3.53. The lowest BCUT2D eigenvalue weighted by Crippen LogP contribution is -2.34. The van der Waals surface area contributed by atoms with Crippen LogP contribution >= 0.6 is 11.6 Å². The molecule has 4 heteroatoms. The number of aryl methyl sites for hydroxylation is 1. The number of aromatic hydroxyl groups is 1. The summed E-state index contributed by atoms with van der Waals surface area (Å²) in [5.74, 6) is 0.525. The molecule has 0 aromatic heterocycles. The van der Waals surface area contributed by atoms with Crippen molar-refractivity contribution in [3.05, 3.63) is 22.2 Å². The van der Waals surface area contributed by atoms with E-state index in [0.29, 0.717) is 10.8 Å². The molecular weight excluding hydrogens is 238 g/mol. The average molecular weight is 256 g/mol. The number of phenolic OH excluding ortho intramolecular Hbond substituents is 1. The van der Waals surface area contributed by atoms with Crippen LogP contribution in [0.1, 0.15) is 30.9 Å². The second kappa shape index (κ2) is 4.39. The van der Waals surface area contributed by atoms with E-state index in [2.05, 4.69) is 12.2 Å². The second-order valence-electron chi connectivity index (χ2n) is 4.79. The molecule has 0 aliphatic carbocycles. The van der Waals surface area contributed by atoms with Gasteiger partial charge in [0, 0.05) is 11.1 Å². The first-order valence-corrected chi connectivity index (χ1v) is 6.19. The van der Waals surface area contributed by atoms with E-state index >= 15 is 0 Å². The number of halogens is 1. The van der Waals surface area contributed by atoms with Crippen molar-refractivity contribution in [2.75, 3.05) is 13.7 Å². The molecule has 2 rings (SSSR count). The lowest BCUT2D eigenvalue weighted by molar-refractivity contribution is 0.350. The quantitative estimate of drug-likeness (QED) is 0.854. The molecule has 0 bridgehead atoms. The van der Waals surface area contributed by atoms with Crippen LogP contribution in [0.4, 0.5) is 0 Å². The molecule has 0 amide bonds. The van der Waals surface area contributed by atoms with Crippen LogP contribution in [0, 0.1) is 6.92 Å². The Hall–Kier alpha value is -0.930. The zero-order valence-electron chi connectivity index (χ0n) is 10.4. The topological polar surface area (TPSA) is 41.5 Å². The van der Waals surface area contributed by atoms with Gasteiger partial charge in [-0.15, -0.1) is 0 Å². The first kappa shape index (κ1) is 12.5. The smallest absolute Gasteiger partial charge is 0.179 e. The Bertz CT molecular complexity index is 440. The van der Waals surface area contributed by atoms with Gasteiger partial charge in [0.15, 0.2) is 11.5 Å². The standard InChI is InChI=1S/C13H18ClNO2/c1-8-7-9(14)12(17-3)11(16)10(8)13(2)5-4-6-15-13/h7,15-16H,4-6H2,1-3H3. The van der Waals surface area contributed by atoms with Gasteiger partial charge in [-0.05, 0) is 44.9 Å². The monoisotopic (exact) mass is 255 g/mol. The van der Waals surface area contributed by atoms with Gasteiger partial charge in [0.05, 0.1) is 12.1 Å². The summed E-state index contributed by atoms with van der Waals surface area (Å²) in [7, 11) is 1.52. The van der Waals surface area contributed by atoms with Crippen molar-refractivity contribution < 1.29 is 9.84 Å². The number of rotatable bonds is 2. The molecule has 1 aromatic rings. The average Bonchev–Trinajstić information content (AvgIpc) is 2.65. The zero-order valence-corrected chi connectivity index (χ0v) is 11.2. The predicted octanol–water partition coefficient (Wildman–Crippen LogP) is 2.96. The van der Waals surface area contributed by atoms with Crippen molar-refractivity contribution in [2.24, 2.45) is 0 Å². The molecule has 1 atom stereocenters. The fraction of sp³-hybridized carbons (Fsp3) is 0.538. The highest BCUT2D eigenvalue weighted by atomic mass is 35.5. The van der Waals surface area contributed by atoms with Gasteiger partial charge in [0.1, 0.15) is 0 Å². The Kier molecular flexibility index (Phi) is 3.23. The lowest BCUT2D eigenvalue weighted by Gasteiger charge is -2.28. The summed E-state index contributed by atoms with van der Waals surface area (Å²) in [6.07, 6.45) is 2.12. The fourth-order valence-electron chi connectivity index (χ4n) is 2.74. The highest BCUT2D eigenvalue weighted by Gasteiger charge is 2.35. The van der Waals surface area contributed by atoms with Gasteiger partial charge in [0.25, 0.3) is 0 Å². The summed E-state index contributed by atoms with van der Waals surface area (Å²) < 4.78 is 5.17. The molecule has 0 saturated carbocycles. The van der Waals surface area contributed by atoms with Crippen molar-refractivity contribution in [3.63, 3.8) is 0 Å². The summed E-state index contributed by atoms with van der Waals surface area (Å²) in [5, 5.41) is 14.2. The van der Waals surface area contributed by atoms with E-state index in [4.69, 9.17) is 16.3 Å². The minimum atomic E-state index is -0.188. The Balaban J connectivity index is 2.60. The van der Waals surface area contributed by atoms with Crippen molar-refractivity contribution in [1.82, 2.24) is 5.32 Å². The van der Waals surface area contributed by atoms with E-state index in [1.54, 1.807) is 0 Å². The van der Waals surface area contributed by atoms with Crippen LogP contribution in [-0.4, -0.2) is 18.8 Å². The number of benzene rings is 1. The Morgan fingerprint density at radius 2 is 2.24 bits per heavy atom. The summed E-state index contributed by atoms with van der Waals surface area (Å²) in [5.41, 5.74) is 1.70. The van der Waals surface area contributed by atoms with E-state index in [-0.39, 0.29) is 11.3 Å². The van der Waals surface area contributed by atoms with Gasteiger partial charge < -0.3 is 15.2 Å². The Morgan fingerprint density at radius 1 is 1.53 bits per heavy atom. The normalized spacial score (nSPS) is 24.0. The molecule has 1 aliphatic heterocycles. The lowest BCUT2D eigenvalue weighted by atomic mass is 9.86. The molecule has 0 radical (unpaired) electrons. The van der Waals surface area contributed by atoms with Crippen molar-refractivity contribution in [3.8, 4) is 11.5 Å². The minimum Gasteiger partial charge on any atom is -0.504 e. The van der Waals surface area contributed by atoms with Gasteiger partial charge >= 0.3 is 0 Å². The van der Waals surface area contributed by atoms with Crippen molar-refractivity contribution >= 4 is 11.6 Å². The second-order valence-corrected chi connectivity index (χ2v) is 5.20. The van der Waals surface area contributed by atoms with Crippen LogP contribution in [0.2, 0.25) is 5.02 Å². The fourth-order valence-corrected chi connectivity index (χ4v) is 3.07. The summed E-state index contributed by atoms with van der Waals surface area (Å²) >= 11 is 6.05. The summed E-state index contributed by atoms with van der Waals surface area (Å²) in [6.45, 7) is 5.04. The molecule has 1 aliphatic rings. The zero-order chi connectivity index (χ0) is 12.6. The number of nitrogens with one attached hydrogen (secondary N) is 1. The Labute approximate surface area is 107 Å². The number of hydrogen-bond donors (Lipinski definition) is 2. The number of methoxy groups -OCH3 is 1. The van der Waals surface area contributed by atoms with E-state index in [9.17, 15) is 5.11 Å². The molecule has 94 valence electrons. The molecule has 1 aromatic carbocycles. The molecule has 1 fully saturated rings. The van der Waals surface area contributed by atoms with Gasteiger partial charge in [-0.3, -0.25) is 0 Å². The summed E-state index contributed by atoms with van der Waals surface area (Å²) in [4.78, 5) is 0. The van der Waals surface area contributed by atoms with Crippen LogP contribution in [0.5, 0.6) is 11.5 Å². The van der Waals surface area contributed by atoms with Gasteiger partial charge in [-0.1, -0.05) is 11.6 Å². The first-order chi connectivity index (χ1) is 7.99. The Morgan fingerprint density at radius 3 is 2.76 bits per heavy atom. The van der Waals surface area contributed by atoms with Crippen LogP contribution in [0.25, 0.3) is 0 Å². The molecule has 1 heterocycles. The highest BCUT2D eigenvalue weighted by Crippen LogP contribution is 2.45. The molecule has 3 nitrogen and oxygen atoms in total. The van der Waals surface area contributed by atoms with Crippen LogP contribution < -0.4 is 10.1 Å². The molecule has 1 saturated heterocycles. The predicted molar refractivity (Wildman–Crippen MR) is 69.0 cm³/mol. The number of phenols is 1. The van der Waals surface area contributed by atoms with Gasteiger partial charge in [-0.2, -0.15) is 0 Å². The maximum absolute atomic E-state index is 10.3. The molecular formula is C13H18ClNO2. The minimum absolute atomic E-state index is 0.161. The highest BCUT2D eigenvalue weighted by molar-refractivity contribution is 6.32. The maximum atomic E-state index is 10.3. The van der Waals surface area contributed by atoms with E-state index in [0.717, 1.165) is 30.5 Å². The van der Waals surface area contributed by atoms with Crippen LogP contribution in [0.15, 0.2) is 6.07 Å². The van der Waals surface area contributed by atoms with Gasteiger partial charge in [0.2, 0.25) is 0 Å². The SMILES string of the molecule is COc1c(Cl)cc(C)c(C2(C)CCCN2)c1O. The van der Waals surface area contributed by atoms with Crippen molar-refractivity contribution in [2.45, 2.75) is 32.2 Å². The molecule has 1 unspecified atom stereocenters. The third-order valence-corrected chi connectivity index (χ3v) is 3.81. The van der Waals surface area contributed by atoms with Gasteiger partial charge in [-0.25, -0.2) is 0 Å². The van der Waals surface area contributed by atoms with Crippen LogP contribution in [-0.2, 0) is 5.54 Å². The molecule has 17 heavy (non-hydrogen) atoms. The van der Waals surface area contributed by atoms with E-state index < -0.39 is 0 Å². The van der Waals surface area contributed by atoms with Crippen molar-refractivity contribution in [1.29, 1.82) is 0 Å². The first-order valence-electron chi connectivity index (χ1n) is 5.81. The van der Waals surface area contributed by atoms with Crippen LogP contribution in [0.3, 0.4) is 0 Å². The van der Waals surface area contributed by atoms with E-state index in [1.807, 2.05) is 13.0 Å². The maximum Gasteiger partial charge on any atom is 0.179 e.